The van der Waals surface area contributed by atoms with Gasteiger partial charge in [-0.15, -0.1) is 0 Å². The van der Waals surface area contributed by atoms with E-state index in [1.54, 1.807) is 29.2 Å². The number of nitrogens with one attached hydrogen (secondary N) is 1. The molecule has 3 rings (SSSR count). The van der Waals surface area contributed by atoms with Gasteiger partial charge in [-0.25, -0.2) is 0 Å². The van der Waals surface area contributed by atoms with Gasteiger partial charge in [0.15, 0.2) is 0 Å². The minimum absolute atomic E-state index is 0.0484. The van der Waals surface area contributed by atoms with Crippen molar-refractivity contribution < 1.29 is 14.4 Å². The second-order valence-electron chi connectivity index (χ2n) is 6.26. The molecule has 6 heteroatoms. The van der Waals surface area contributed by atoms with Crippen LogP contribution in [0.5, 0.6) is 0 Å². The third-order valence-corrected chi connectivity index (χ3v) is 4.34. The second-order valence-corrected chi connectivity index (χ2v) is 6.26. The van der Waals surface area contributed by atoms with Crippen LogP contribution in [0.15, 0.2) is 48.5 Å². The highest BCUT2D eigenvalue weighted by atomic mass is 16.2. The van der Waals surface area contributed by atoms with E-state index in [0.717, 1.165) is 17.7 Å². The SMILES string of the molecule is CC(=O)Nc1cccc(N(CC(=O)N2CCc3ccccc32)C(C)=O)c1. The molecule has 0 spiro atoms. The maximum atomic E-state index is 12.8. The average molecular weight is 351 g/mol. The van der Waals surface area contributed by atoms with E-state index in [2.05, 4.69) is 5.32 Å². The first kappa shape index (κ1) is 17.7. The summed E-state index contributed by atoms with van der Waals surface area (Å²) < 4.78 is 0. The lowest BCUT2D eigenvalue weighted by atomic mass is 10.2. The van der Waals surface area contributed by atoms with Crippen LogP contribution in [0.3, 0.4) is 0 Å². The monoisotopic (exact) mass is 351 g/mol. The molecule has 0 saturated heterocycles. The van der Waals surface area contributed by atoms with Gasteiger partial charge in [0.2, 0.25) is 17.7 Å². The first-order valence-electron chi connectivity index (χ1n) is 8.50. The average Bonchev–Trinajstić information content (AvgIpc) is 3.03. The summed E-state index contributed by atoms with van der Waals surface area (Å²) in [5.74, 6) is -0.554. The van der Waals surface area contributed by atoms with Crippen molar-refractivity contribution in [3.05, 3.63) is 54.1 Å². The molecule has 0 radical (unpaired) electrons. The molecule has 0 aliphatic carbocycles. The number of carbonyl (C=O) groups excluding carboxylic acids is 3. The van der Waals surface area contributed by atoms with Gasteiger partial charge in [-0.3, -0.25) is 14.4 Å². The molecule has 0 atom stereocenters. The van der Waals surface area contributed by atoms with E-state index in [4.69, 9.17) is 0 Å². The number of hydrogen-bond donors (Lipinski definition) is 1. The lowest BCUT2D eigenvalue weighted by molar-refractivity contribution is -0.121. The molecule has 0 saturated carbocycles. The molecule has 1 aliphatic heterocycles. The van der Waals surface area contributed by atoms with Crippen molar-refractivity contribution in [2.45, 2.75) is 20.3 Å². The number of rotatable bonds is 4. The number of anilines is 3. The largest absolute Gasteiger partial charge is 0.326 e. The molecule has 0 unspecified atom stereocenters. The Morgan fingerprint density at radius 2 is 1.85 bits per heavy atom. The Kier molecular flexibility index (Phi) is 5.02. The van der Waals surface area contributed by atoms with Crippen LogP contribution in [0, 0.1) is 0 Å². The predicted molar refractivity (Wildman–Crippen MR) is 101 cm³/mol. The Hall–Kier alpha value is -3.15. The normalized spacial score (nSPS) is 12.5. The number of fused-ring (bicyclic) bond motifs is 1. The molecule has 2 aromatic rings. The van der Waals surface area contributed by atoms with Crippen LogP contribution in [0.25, 0.3) is 0 Å². The van der Waals surface area contributed by atoms with Gasteiger partial charge in [0.25, 0.3) is 0 Å². The summed E-state index contributed by atoms with van der Waals surface area (Å²) in [4.78, 5) is 39.4. The minimum atomic E-state index is -0.231. The summed E-state index contributed by atoms with van der Waals surface area (Å²) in [7, 11) is 0. The van der Waals surface area contributed by atoms with Crippen molar-refractivity contribution in [3.63, 3.8) is 0 Å². The molecular weight excluding hydrogens is 330 g/mol. The topological polar surface area (TPSA) is 69.7 Å². The van der Waals surface area contributed by atoms with E-state index in [0.29, 0.717) is 17.9 Å². The number of amides is 3. The third kappa shape index (κ3) is 3.74. The quantitative estimate of drug-likeness (QED) is 0.920. The zero-order valence-corrected chi connectivity index (χ0v) is 14.9. The first-order valence-corrected chi connectivity index (χ1v) is 8.50. The Bertz CT molecular complexity index is 863. The molecule has 0 bridgehead atoms. The van der Waals surface area contributed by atoms with E-state index >= 15 is 0 Å². The van der Waals surface area contributed by atoms with Crippen LogP contribution in [0.4, 0.5) is 17.1 Å². The maximum Gasteiger partial charge on any atom is 0.247 e. The van der Waals surface area contributed by atoms with Crippen molar-refractivity contribution in [2.24, 2.45) is 0 Å². The van der Waals surface area contributed by atoms with Crippen LogP contribution >= 0.6 is 0 Å². The third-order valence-electron chi connectivity index (χ3n) is 4.34. The number of nitrogens with zero attached hydrogens (tertiary/aromatic N) is 2. The van der Waals surface area contributed by atoms with E-state index in [1.807, 2.05) is 24.3 Å². The highest BCUT2D eigenvalue weighted by molar-refractivity contribution is 6.04. The van der Waals surface area contributed by atoms with Crippen molar-refractivity contribution in [1.82, 2.24) is 0 Å². The highest BCUT2D eigenvalue weighted by Gasteiger charge is 2.26. The maximum absolute atomic E-state index is 12.8. The van der Waals surface area contributed by atoms with Gasteiger partial charge in [0, 0.05) is 37.5 Å². The number of benzene rings is 2. The van der Waals surface area contributed by atoms with E-state index in [1.165, 1.54) is 18.7 Å². The van der Waals surface area contributed by atoms with E-state index < -0.39 is 0 Å². The summed E-state index contributed by atoms with van der Waals surface area (Å²) in [5.41, 5.74) is 3.21. The van der Waals surface area contributed by atoms with Gasteiger partial charge in [-0.05, 0) is 36.2 Å². The molecule has 26 heavy (non-hydrogen) atoms. The van der Waals surface area contributed by atoms with Crippen molar-refractivity contribution in [2.75, 3.05) is 28.2 Å². The molecule has 3 amide bonds. The first-order chi connectivity index (χ1) is 12.5. The fraction of sp³-hybridized carbons (Fsp3) is 0.250. The molecule has 1 aliphatic rings. The molecule has 0 fully saturated rings. The van der Waals surface area contributed by atoms with Gasteiger partial charge in [0.05, 0.1) is 0 Å². The number of carbonyl (C=O) groups is 3. The summed E-state index contributed by atoms with van der Waals surface area (Å²) in [6.45, 7) is 3.42. The smallest absolute Gasteiger partial charge is 0.247 e. The lowest BCUT2D eigenvalue weighted by Gasteiger charge is -2.25. The van der Waals surface area contributed by atoms with Crippen LogP contribution in [0.2, 0.25) is 0 Å². The molecule has 6 nitrogen and oxygen atoms in total. The zero-order valence-electron chi connectivity index (χ0n) is 14.9. The lowest BCUT2D eigenvalue weighted by Crippen LogP contribution is -2.41. The number of hydrogen-bond acceptors (Lipinski definition) is 3. The molecule has 2 aromatic carbocycles. The Morgan fingerprint density at radius 1 is 1.08 bits per heavy atom. The summed E-state index contributed by atoms with van der Waals surface area (Å²) in [5, 5.41) is 2.69. The Balaban J connectivity index is 1.80. The van der Waals surface area contributed by atoms with Crippen molar-refractivity contribution >= 4 is 34.8 Å². The van der Waals surface area contributed by atoms with Gasteiger partial charge >= 0.3 is 0 Å². The molecule has 1 heterocycles. The Morgan fingerprint density at radius 3 is 2.58 bits per heavy atom. The van der Waals surface area contributed by atoms with Gasteiger partial charge in [-0.2, -0.15) is 0 Å². The fourth-order valence-corrected chi connectivity index (χ4v) is 3.16. The van der Waals surface area contributed by atoms with Crippen molar-refractivity contribution in [1.29, 1.82) is 0 Å². The summed E-state index contributed by atoms with van der Waals surface area (Å²) >= 11 is 0. The summed E-state index contributed by atoms with van der Waals surface area (Å²) in [6.07, 6.45) is 0.819. The van der Waals surface area contributed by atoms with Crippen LogP contribution in [-0.4, -0.2) is 30.8 Å². The second kappa shape index (κ2) is 7.39. The Labute approximate surface area is 152 Å². The zero-order chi connectivity index (χ0) is 18.7. The molecule has 134 valence electrons. The van der Waals surface area contributed by atoms with E-state index in [9.17, 15) is 14.4 Å². The summed E-state index contributed by atoms with van der Waals surface area (Å²) in [6, 6.07) is 14.7. The fourth-order valence-electron chi connectivity index (χ4n) is 3.16. The van der Waals surface area contributed by atoms with Gasteiger partial charge in [0.1, 0.15) is 6.54 Å². The minimum Gasteiger partial charge on any atom is -0.326 e. The highest BCUT2D eigenvalue weighted by Crippen LogP contribution is 2.28. The molecular formula is C20H21N3O3. The van der Waals surface area contributed by atoms with E-state index in [-0.39, 0.29) is 24.3 Å². The predicted octanol–water partition coefficient (Wildman–Crippen LogP) is 2.59. The standard InChI is InChI=1S/C20H21N3O3/c1-14(24)21-17-7-5-8-18(12-17)23(15(2)25)13-20(26)22-11-10-16-6-3-4-9-19(16)22/h3-9,12H,10-11,13H2,1-2H3,(H,21,24). The number of para-hydroxylation sites is 1. The van der Waals surface area contributed by atoms with Crippen molar-refractivity contribution in [3.8, 4) is 0 Å². The van der Waals surface area contributed by atoms with Gasteiger partial charge < -0.3 is 15.1 Å². The van der Waals surface area contributed by atoms with Crippen LogP contribution < -0.4 is 15.1 Å². The van der Waals surface area contributed by atoms with Crippen LogP contribution in [-0.2, 0) is 20.8 Å². The van der Waals surface area contributed by atoms with Crippen LogP contribution in [0.1, 0.15) is 19.4 Å². The van der Waals surface area contributed by atoms with Gasteiger partial charge in [-0.1, -0.05) is 24.3 Å². The molecule has 1 N–H and O–H groups in total. The molecule has 0 aromatic heterocycles.